The maximum Gasteiger partial charge on any atom is 0.234 e. The normalized spacial score (nSPS) is 13.0. The standard InChI is InChI=1S/C19H23N3O/c1-20-13-19(23)21-12-15-6-8-16(9-7-15)14-22-11-10-17-4-2-3-5-18(17)22/h2-9,20H,10-14H2,1H3,(H,21,23). The lowest BCUT2D eigenvalue weighted by molar-refractivity contribution is -0.120. The van der Waals surface area contributed by atoms with E-state index in [2.05, 4.69) is 64.1 Å². The van der Waals surface area contributed by atoms with Gasteiger partial charge < -0.3 is 15.5 Å². The van der Waals surface area contributed by atoms with Gasteiger partial charge in [-0.2, -0.15) is 0 Å². The number of hydrogen-bond acceptors (Lipinski definition) is 3. The lowest BCUT2D eigenvalue weighted by atomic mass is 10.1. The molecule has 23 heavy (non-hydrogen) atoms. The van der Waals surface area contributed by atoms with Gasteiger partial charge in [0, 0.05) is 25.3 Å². The van der Waals surface area contributed by atoms with Gasteiger partial charge in [-0.15, -0.1) is 0 Å². The Morgan fingerprint density at radius 2 is 1.83 bits per heavy atom. The van der Waals surface area contributed by atoms with Gasteiger partial charge in [0.15, 0.2) is 0 Å². The maximum absolute atomic E-state index is 11.5. The van der Waals surface area contributed by atoms with Crippen molar-refractivity contribution >= 4 is 11.6 Å². The summed E-state index contributed by atoms with van der Waals surface area (Å²) in [5.74, 6) is 0.0188. The van der Waals surface area contributed by atoms with Crippen LogP contribution in [0.25, 0.3) is 0 Å². The highest BCUT2D eigenvalue weighted by atomic mass is 16.1. The molecule has 2 aromatic carbocycles. The van der Waals surface area contributed by atoms with Crippen LogP contribution < -0.4 is 15.5 Å². The molecular formula is C19H23N3O. The average Bonchev–Trinajstić information content (AvgIpc) is 2.98. The van der Waals surface area contributed by atoms with E-state index < -0.39 is 0 Å². The number of likely N-dealkylation sites (N-methyl/N-ethyl adjacent to an activating group) is 1. The number of fused-ring (bicyclic) bond motifs is 1. The molecule has 0 bridgehead atoms. The van der Waals surface area contributed by atoms with Crippen molar-refractivity contribution in [3.05, 3.63) is 65.2 Å². The monoisotopic (exact) mass is 309 g/mol. The second kappa shape index (κ2) is 7.29. The molecule has 4 nitrogen and oxygen atoms in total. The van der Waals surface area contributed by atoms with Crippen LogP contribution in [-0.2, 0) is 24.3 Å². The van der Waals surface area contributed by atoms with Crippen molar-refractivity contribution in [3.8, 4) is 0 Å². The van der Waals surface area contributed by atoms with E-state index in [1.165, 1.54) is 16.8 Å². The number of hydrogen-bond donors (Lipinski definition) is 2. The summed E-state index contributed by atoms with van der Waals surface area (Å²) in [4.78, 5) is 13.9. The van der Waals surface area contributed by atoms with E-state index >= 15 is 0 Å². The fourth-order valence-corrected chi connectivity index (χ4v) is 2.98. The first-order valence-electron chi connectivity index (χ1n) is 8.08. The van der Waals surface area contributed by atoms with E-state index in [4.69, 9.17) is 0 Å². The topological polar surface area (TPSA) is 44.4 Å². The largest absolute Gasteiger partial charge is 0.367 e. The van der Waals surface area contributed by atoms with E-state index in [0.29, 0.717) is 13.1 Å². The molecule has 4 heteroatoms. The number of para-hydroxylation sites is 1. The van der Waals surface area contributed by atoms with E-state index in [-0.39, 0.29) is 5.91 Å². The summed E-state index contributed by atoms with van der Waals surface area (Å²) in [5, 5.41) is 5.74. The molecular weight excluding hydrogens is 286 g/mol. The lowest BCUT2D eigenvalue weighted by Gasteiger charge is -2.19. The highest BCUT2D eigenvalue weighted by Gasteiger charge is 2.17. The number of carbonyl (C=O) groups excluding carboxylic acids is 1. The van der Waals surface area contributed by atoms with Crippen LogP contribution in [0.2, 0.25) is 0 Å². The molecule has 1 heterocycles. The lowest BCUT2D eigenvalue weighted by Crippen LogP contribution is -2.31. The first kappa shape index (κ1) is 15.6. The Bertz CT molecular complexity index is 667. The third-order valence-corrected chi connectivity index (χ3v) is 4.21. The fraction of sp³-hybridized carbons (Fsp3) is 0.316. The van der Waals surface area contributed by atoms with Crippen LogP contribution in [0.3, 0.4) is 0 Å². The summed E-state index contributed by atoms with van der Waals surface area (Å²) in [6, 6.07) is 17.1. The molecule has 3 rings (SSSR count). The smallest absolute Gasteiger partial charge is 0.234 e. The Kier molecular flexibility index (Phi) is 4.93. The minimum atomic E-state index is 0.0188. The molecule has 0 unspecified atom stereocenters. The Hall–Kier alpha value is -2.33. The molecule has 0 atom stereocenters. The van der Waals surface area contributed by atoms with Gasteiger partial charge in [-0.25, -0.2) is 0 Å². The van der Waals surface area contributed by atoms with Gasteiger partial charge in [-0.1, -0.05) is 42.5 Å². The van der Waals surface area contributed by atoms with E-state index in [1.807, 2.05) is 0 Å². The molecule has 0 spiro atoms. The SMILES string of the molecule is CNCC(=O)NCc1ccc(CN2CCc3ccccc32)cc1. The quantitative estimate of drug-likeness (QED) is 0.859. The van der Waals surface area contributed by atoms with Crippen molar-refractivity contribution in [2.45, 2.75) is 19.5 Å². The number of nitrogens with one attached hydrogen (secondary N) is 2. The van der Waals surface area contributed by atoms with Crippen molar-refractivity contribution in [3.63, 3.8) is 0 Å². The molecule has 120 valence electrons. The van der Waals surface area contributed by atoms with Crippen LogP contribution in [0.4, 0.5) is 5.69 Å². The highest BCUT2D eigenvalue weighted by Crippen LogP contribution is 2.28. The summed E-state index contributed by atoms with van der Waals surface area (Å²) in [6.45, 7) is 2.95. The zero-order chi connectivity index (χ0) is 16.1. The predicted octanol–water partition coefficient (Wildman–Crippen LogP) is 2.08. The fourth-order valence-electron chi connectivity index (χ4n) is 2.98. The van der Waals surface area contributed by atoms with Crippen molar-refractivity contribution in [2.24, 2.45) is 0 Å². The molecule has 0 radical (unpaired) electrons. The predicted molar refractivity (Wildman–Crippen MR) is 93.4 cm³/mol. The molecule has 2 N–H and O–H groups in total. The number of benzene rings is 2. The van der Waals surface area contributed by atoms with Crippen molar-refractivity contribution in [1.29, 1.82) is 0 Å². The molecule has 1 aliphatic rings. The second-order valence-electron chi connectivity index (χ2n) is 5.92. The first-order valence-corrected chi connectivity index (χ1v) is 8.08. The summed E-state index contributed by atoms with van der Waals surface area (Å²) in [6.07, 6.45) is 1.13. The van der Waals surface area contributed by atoms with Crippen LogP contribution in [-0.4, -0.2) is 26.0 Å². The average molecular weight is 309 g/mol. The van der Waals surface area contributed by atoms with Gasteiger partial charge in [-0.05, 0) is 36.2 Å². The Morgan fingerprint density at radius 3 is 2.61 bits per heavy atom. The van der Waals surface area contributed by atoms with Crippen LogP contribution in [0, 0.1) is 0 Å². The molecule has 0 saturated carbocycles. The third kappa shape index (κ3) is 3.90. The summed E-state index contributed by atoms with van der Waals surface area (Å²) in [7, 11) is 1.77. The van der Waals surface area contributed by atoms with Gasteiger partial charge in [0.2, 0.25) is 5.91 Å². The van der Waals surface area contributed by atoms with E-state index in [9.17, 15) is 4.79 Å². The number of nitrogens with zero attached hydrogens (tertiary/aromatic N) is 1. The Morgan fingerprint density at radius 1 is 1.09 bits per heavy atom. The van der Waals surface area contributed by atoms with Gasteiger partial charge in [0.25, 0.3) is 0 Å². The summed E-state index contributed by atoms with van der Waals surface area (Å²) < 4.78 is 0. The molecule has 0 aromatic heterocycles. The minimum Gasteiger partial charge on any atom is -0.367 e. The van der Waals surface area contributed by atoms with Crippen LogP contribution in [0.15, 0.2) is 48.5 Å². The van der Waals surface area contributed by atoms with Gasteiger partial charge in [0.1, 0.15) is 0 Å². The van der Waals surface area contributed by atoms with Gasteiger partial charge in [-0.3, -0.25) is 4.79 Å². The zero-order valence-electron chi connectivity index (χ0n) is 13.5. The molecule has 0 saturated heterocycles. The minimum absolute atomic E-state index is 0.0188. The molecule has 1 aliphatic heterocycles. The highest BCUT2D eigenvalue weighted by molar-refractivity contribution is 5.77. The second-order valence-corrected chi connectivity index (χ2v) is 5.92. The van der Waals surface area contributed by atoms with Crippen molar-refractivity contribution in [1.82, 2.24) is 10.6 Å². The van der Waals surface area contributed by atoms with Crippen LogP contribution in [0.1, 0.15) is 16.7 Å². The molecule has 1 amide bonds. The van der Waals surface area contributed by atoms with E-state index in [1.54, 1.807) is 7.05 Å². The number of rotatable bonds is 6. The zero-order valence-corrected chi connectivity index (χ0v) is 13.5. The molecule has 0 fully saturated rings. The third-order valence-electron chi connectivity index (χ3n) is 4.21. The number of carbonyl (C=O) groups is 1. The van der Waals surface area contributed by atoms with Crippen molar-refractivity contribution in [2.75, 3.05) is 25.0 Å². The van der Waals surface area contributed by atoms with Gasteiger partial charge >= 0.3 is 0 Å². The van der Waals surface area contributed by atoms with Crippen LogP contribution in [0.5, 0.6) is 0 Å². The summed E-state index contributed by atoms with van der Waals surface area (Å²) >= 11 is 0. The molecule has 2 aromatic rings. The Balaban J connectivity index is 1.57. The number of amides is 1. The number of anilines is 1. The summed E-state index contributed by atoms with van der Waals surface area (Å²) in [5.41, 5.74) is 5.22. The Labute approximate surface area is 137 Å². The van der Waals surface area contributed by atoms with E-state index in [0.717, 1.165) is 25.1 Å². The molecule has 0 aliphatic carbocycles. The maximum atomic E-state index is 11.5. The van der Waals surface area contributed by atoms with Crippen LogP contribution >= 0.6 is 0 Å². The van der Waals surface area contributed by atoms with Gasteiger partial charge in [0.05, 0.1) is 6.54 Å². The first-order chi connectivity index (χ1) is 11.3. The van der Waals surface area contributed by atoms with Crippen molar-refractivity contribution < 1.29 is 4.79 Å².